The van der Waals surface area contributed by atoms with Crippen LogP contribution in [0.1, 0.15) is 5.69 Å². The molecule has 0 atom stereocenters. The molecule has 0 radical (unpaired) electrons. The van der Waals surface area contributed by atoms with Crippen molar-refractivity contribution >= 4 is 22.4 Å². The Morgan fingerprint density at radius 2 is 1.92 bits per heavy atom. The second-order valence-electron chi connectivity index (χ2n) is 6.29. The maximum absolute atomic E-state index is 4.60. The summed E-state index contributed by atoms with van der Waals surface area (Å²) in [6, 6.07) is 12.6. The van der Waals surface area contributed by atoms with Gasteiger partial charge in [0, 0.05) is 57.5 Å². The van der Waals surface area contributed by atoms with E-state index < -0.39 is 0 Å². The normalized spacial score (nSPS) is 12.6. The number of H-pyrrole nitrogens is 1. The third-order valence-corrected chi connectivity index (χ3v) is 4.74. The highest BCUT2D eigenvalue weighted by Crippen LogP contribution is 2.40. The molecule has 5 rings (SSSR count). The van der Waals surface area contributed by atoms with E-state index in [1.54, 1.807) is 0 Å². The topological polar surface area (TPSA) is 56.9 Å². The molecule has 0 spiro atoms. The SMILES string of the molecule is Cc1ncccc1-c1cnc2[nH]cc(-c3ccc4c(c3)[N+](C)=N4)c2c1. The largest absolute Gasteiger partial charge is 0.346 e. The molecule has 0 unspecified atom stereocenters. The monoisotopic (exact) mass is 326 g/mol. The molecule has 1 N–H and O–H groups in total. The Morgan fingerprint density at radius 3 is 2.76 bits per heavy atom. The summed E-state index contributed by atoms with van der Waals surface area (Å²) in [7, 11) is 1.96. The van der Waals surface area contributed by atoms with Crippen molar-refractivity contribution in [1.29, 1.82) is 0 Å². The van der Waals surface area contributed by atoms with Gasteiger partial charge in [-0.2, -0.15) is 0 Å². The van der Waals surface area contributed by atoms with Gasteiger partial charge >= 0.3 is 0 Å². The first-order valence-electron chi connectivity index (χ1n) is 8.19. The van der Waals surface area contributed by atoms with E-state index in [-0.39, 0.29) is 0 Å². The molecule has 4 heterocycles. The van der Waals surface area contributed by atoms with E-state index in [1.807, 2.05) is 43.3 Å². The molecule has 0 saturated heterocycles. The van der Waals surface area contributed by atoms with Gasteiger partial charge < -0.3 is 4.98 Å². The van der Waals surface area contributed by atoms with Crippen molar-refractivity contribution in [3.8, 4) is 22.3 Å². The summed E-state index contributed by atoms with van der Waals surface area (Å²) in [5, 5.41) is 5.45. The van der Waals surface area contributed by atoms with E-state index in [4.69, 9.17) is 0 Å². The number of nitrogens with one attached hydrogen (secondary N) is 1. The van der Waals surface area contributed by atoms with Gasteiger partial charge in [0.05, 0.1) is 0 Å². The van der Waals surface area contributed by atoms with Gasteiger partial charge in [0.15, 0.2) is 7.05 Å². The van der Waals surface area contributed by atoms with Gasteiger partial charge in [0.1, 0.15) is 5.65 Å². The van der Waals surface area contributed by atoms with Crippen molar-refractivity contribution in [2.45, 2.75) is 6.92 Å². The summed E-state index contributed by atoms with van der Waals surface area (Å²) in [6.07, 6.45) is 5.74. The Kier molecular flexibility index (Phi) is 2.85. The Balaban J connectivity index is 1.68. The lowest BCUT2D eigenvalue weighted by molar-refractivity contribution is -0.494. The summed E-state index contributed by atoms with van der Waals surface area (Å²) in [5.74, 6) is 0. The highest BCUT2D eigenvalue weighted by atomic mass is 15.3. The van der Waals surface area contributed by atoms with Crippen LogP contribution in [0.4, 0.5) is 11.4 Å². The van der Waals surface area contributed by atoms with Crippen LogP contribution in [0, 0.1) is 6.92 Å². The van der Waals surface area contributed by atoms with Gasteiger partial charge in [0.25, 0.3) is 5.69 Å². The molecule has 0 saturated carbocycles. The average Bonchev–Trinajstić information content (AvgIpc) is 3.04. The fourth-order valence-corrected chi connectivity index (χ4v) is 3.38. The van der Waals surface area contributed by atoms with Crippen LogP contribution in [0.3, 0.4) is 0 Å². The lowest BCUT2D eigenvalue weighted by Gasteiger charge is -2.08. The van der Waals surface area contributed by atoms with Gasteiger partial charge in [-0.1, -0.05) is 16.8 Å². The molecule has 0 aliphatic carbocycles. The summed E-state index contributed by atoms with van der Waals surface area (Å²) in [5.41, 5.74) is 8.58. The van der Waals surface area contributed by atoms with Gasteiger partial charge in [-0.3, -0.25) is 4.98 Å². The van der Waals surface area contributed by atoms with Gasteiger partial charge in [-0.15, -0.1) is 0 Å². The maximum Gasteiger partial charge on any atom is 0.263 e. The zero-order valence-electron chi connectivity index (χ0n) is 14.0. The molecule has 5 heteroatoms. The summed E-state index contributed by atoms with van der Waals surface area (Å²) < 4.78 is 1.90. The molecule has 1 aliphatic heterocycles. The number of aryl methyl sites for hydroxylation is 1. The minimum Gasteiger partial charge on any atom is -0.346 e. The fraction of sp³-hybridized carbons (Fsp3) is 0.100. The number of hydrogen-bond donors (Lipinski definition) is 1. The molecular formula is C20H16N5+. The molecule has 5 nitrogen and oxygen atoms in total. The molecule has 0 bridgehead atoms. The van der Waals surface area contributed by atoms with Crippen molar-refractivity contribution < 1.29 is 4.70 Å². The maximum atomic E-state index is 4.60. The predicted molar refractivity (Wildman–Crippen MR) is 97.4 cm³/mol. The number of nitrogens with zero attached hydrogens (tertiary/aromatic N) is 4. The minimum absolute atomic E-state index is 0.890. The lowest BCUT2D eigenvalue weighted by Crippen LogP contribution is -2.02. The van der Waals surface area contributed by atoms with Gasteiger partial charge in [-0.05, 0) is 30.7 Å². The van der Waals surface area contributed by atoms with Gasteiger partial charge in [-0.25, -0.2) is 4.98 Å². The standard InChI is InChI=1S/C20H15N5/c1-12-15(4-3-7-21-12)14-8-16-17(11-23-20(16)22-10-14)13-5-6-18-19(9-13)25(2)24-18/h3-11H,1-2H3/p+1. The number of aromatic nitrogens is 3. The zero-order valence-corrected chi connectivity index (χ0v) is 14.0. The molecule has 1 aliphatic rings. The summed E-state index contributed by atoms with van der Waals surface area (Å²) >= 11 is 0. The minimum atomic E-state index is 0.890. The van der Waals surface area contributed by atoms with Crippen LogP contribution in [0.25, 0.3) is 33.3 Å². The van der Waals surface area contributed by atoms with Crippen molar-refractivity contribution in [3.63, 3.8) is 0 Å². The number of aromatic amines is 1. The van der Waals surface area contributed by atoms with E-state index in [0.717, 1.165) is 50.4 Å². The first-order valence-corrected chi connectivity index (χ1v) is 8.19. The van der Waals surface area contributed by atoms with E-state index in [2.05, 4.69) is 50.4 Å². The Labute approximate surface area is 144 Å². The van der Waals surface area contributed by atoms with Crippen LogP contribution in [-0.2, 0) is 0 Å². The van der Waals surface area contributed by atoms with Crippen LogP contribution >= 0.6 is 0 Å². The summed E-state index contributed by atoms with van der Waals surface area (Å²) in [6.45, 7) is 2.02. The summed E-state index contributed by atoms with van der Waals surface area (Å²) in [4.78, 5) is 12.3. The Hall–Kier alpha value is -3.34. The number of rotatable bonds is 2. The van der Waals surface area contributed by atoms with Crippen molar-refractivity contribution in [1.82, 2.24) is 15.0 Å². The van der Waals surface area contributed by atoms with Gasteiger partial charge in [0.2, 0.25) is 5.69 Å². The third kappa shape index (κ3) is 2.09. The molecule has 120 valence electrons. The zero-order chi connectivity index (χ0) is 17.0. The van der Waals surface area contributed by atoms with E-state index >= 15 is 0 Å². The smallest absolute Gasteiger partial charge is 0.263 e. The second-order valence-corrected chi connectivity index (χ2v) is 6.29. The van der Waals surface area contributed by atoms with E-state index in [1.165, 1.54) is 0 Å². The highest BCUT2D eigenvalue weighted by molar-refractivity contribution is 5.96. The molecule has 0 fully saturated rings. The van der Waals surface area contributed by atoms with Crippen molar-refractivity contribution in [2.24, 2.45) is 5.11 Å². The van der Waals surface area contributed by atoms with Crippen LogP contribution in [-0.4, -0.2) is 26.7 Å². The van der Waals surface area contributed by atoms with Crippen LogP contribution in [0.15, 0.2) is 60.1 Å². The van der Waals surface area contributed by atoms with Crippen molar-refractivity contribution in [3.05, 3.63) is 60.7 Å². The predicted octanol–water partition coefficient (Wildman–Crippen LogP) is 4.97. The quantitative estimate of drug-likeness (QED) is 0.529. The highest BCUT2D eigenvalue weighted by Gasteiger charge is 2.25. The lowest BCUT2D eigenvalue weighted by atomic mass is 10.0. The molecule has 1 aromatic carbocycles. The fourth-order valence-electron chi connectivity index (χ4n) is 3.38. The molecule has 25 heavy (non-hydrogen) atoms. The second kappa shape index (κ2) is 5.08. The third-order valence-electron chi connectivity index (χ3n) is 4.74. The molecular weight excluding hydrogens is 310 g/mol. The van der Waals surface area contributed by atoms with Crippen molar-refractivity contribution in [2.75, 3.05) is 7.05 Å². The molecule has 4 aromatic rings. The number of azo groups is 2. The number of benzene rings is 1. The Bertz CT molecular complexity index is 1170. The first-order chi connectivity index (χ1) is 12.2. The van der Waals surface area contributed by atoms with E-state index in [9.17, 15) is 0 Å². The van der Waals surface area contributed by atoms with Crippen LogP contribution < -0.4 is 0 Å². The van der Waals surface area contributed by atoms with Crippen LogP contribution in [0.5, 0.6) is 0 Å². The number of pyridine rings is 2. The number of fused-ring (bicyclic) bond motifs is 2. The molecule has 0 amide bonds. The van der Waals surface area contributed by atoms with E-state index in [0.29, 0.717) is 0 Å². The first kappa shape index (κ1) is 14.0. The average molecular weight is 326 g/mol. The molecule has 3 aromatic heterocycles. The van der Waals surface area contributed by atoms with Crippen LogP contribution in [0.2, 0.25) is 0 Å². The number of hydrogen-bond acceptors (Lipinski definition) is 3. The Morgan fingerprint density at radius 1 is 1.00 bits per heavy atom.